The zero-order valence-electron chi connectivity index (χ0n) is 12.0. The summed E-state index contributed by atoms with van der Waals surface area (Å²) >= 11 is 6.20. The highest BCUT2D eigenvalue weighted by Crippen LogP contribution is 2.35. The molecular weight excluding hydrogens is 322 g/mol. The van der Waals surface area contributed by atoms with Gasteiger partial charge in [-0.2, -0.15) is 0 Å². The highest BCUT2D eigenvalue weighted by molar-refractivity contribution is 8.26. The fraction of sp³-hybridized carbons (Fsp3) is 0.267. The normalized spacial score (nSPS) is 18.3. The number of rotatable bonds is 4. The van der Waals surface area contributed by atoms with Gasteiger partial charge in [0.05, 0.1) is 16.9 Å². The Kier molecular flexibility index (Phi) is 4.87. The molecule has 5 nitrogen and oxygen atoms in total. The van der Waals surface area contributed by atoms with Crippen molar-refractivity contribution in [3.8, 4) is 5.75 Å². The minimum atomic E-state index is -1.32. The van der Waals surface area contributed by atoms with Crippen LogP contribution in [0.25, 0.3) is 6.08 Å². The number of aromatic hydroxyl groups is 1. The second kappa shape index (κ2) is 6.50. The van der Waals surface area contributed by atoms with E-state index in [0.29, 0.717) is 10.5 Å². The van der Waals surface area contributed by atoms with E-state index in [0.717, 1.165) is 16.7 Å². The summed E-state index contributed by atoms with van der Waals surface area (Å²) in [6.45, 7) is 3.39. The molecule has 1 aliphatic heterocycles. The first-order valence-corrected chi connectivity index (χ1v) is 7.80. The van der Waals surface area contributed by atoms with E-state index in [-0.39, 0.29) is 16.0 Å². The van der Waals surface area contributed by atoms with Gasteiger partial charge in [0.2, 0.25) is 0 Å². The van der Waals surface area contributed by atoms with E-state index in [1.54, 1.807) is 32.1 Å². The van der Waals surface area contributed by atoms with Crippen molar-refractivity contribution in [3.63, 3.8) is 0 Å². The van der Waals surface area contributed by atoms with Crippen LogP contribution in [0.2, 0.25) is 0 Å². The Hall–Kier alpha value is -1.86. The van der Waals surface area contributed by atoms with Crippen molar-refractivity contribution in [2.75, 3.05) is 0 Å². The average molecular weight is 336 g/mol. The number of aliphatic carboxylic acids is 1. The number of carboxylic acid groups (broad SMARTS) is 1. The van der Waals surface area contributed by atoms with Crippen molar-refractivity contribution in [1.82, 2.24) is 4.90 Å². The number of carbonyl (C=O) groups is 2. The maximum Gasteiger partial charge on any atom is 0.266 e. The van der Waals surface area contributed by atoms with E-state index < -0.39 is 17.9 Å². The van der Waals surface area contributed by atoms with E-state index in [4.69, 9.17) is 12.2 Å². The zero-order chi connectivity index (χ0) is 16.4. The first kappa shape index (κ1) is 16.5. The molecule has 116 valence electrons. The van der Waals surface area contributed by atoms with E-state index in [2.05, 4.69) is 0 Å². The van der Waals surface area contributed by atoms with Crippen LogP contribution >= 0.6 is 24.0 Å². The van der Waals surface area contributed by atoms with Crippen molar-refractivity contribution >= 4 is 46.3 Å². The highest BCUT2D eigenvalue weighted by Gasteiger charge is 2.38. The topological polar surface area (TPSA) is 80.7 Å². The third-order valence-corrected chi connectivity index (χ3v) is 4.50. The molecule has 1 fully saturated rings. The second-order valence-electron chi connectivity index (χ2n) is 5.15. The second-order valence-corrected chi connectivity index (χ2v) is 6.83. The van der Waals surface area contributed by atoms with Gasteiger partial charge >= 0.3 is 0 Å². The Morgan fingerprint density at radius 3 is 2.45 bits per heavy atom. The van der Waals surface area contributed by atoms with Gasteiger partial charge in [-0.15, -0.1) is 0 Å². The molecule has 22 heavy (non-hydrogen) atoms. The van der Waals surface area contributed by atoms with Gasteiger partial charge in [0.25, 0.3) is 5.91 Å². The molecule has 7 heteroatoms. The summed E-state index contributed by atoms with van der Waals surface area (Å²) in [4.78, 5) is 25.2. The summed E-state index contributed by atoms with van der Waals surface area (Å²) in [6, 6.07) is 5.23. The third kappa shape index (κ3) is 3.31. The molecule has 1 aromatic carbocycles. The quantitative estimate of drug-likeness (QED) is 0.661. The molecule has 1 saturated heterocycles. The van der Waals surface area contributed by atoms with Crippen LogP contribution in [0.4, 0.5) is 0 Å². The highest BCUT2D eigenvalue weighted by atomic mass is 32.2. The lowest BCUT2D eigenvalue weighted by molar-refractivity contribution is -0.311. The van der Waals surface area contributed by atoms with Gasteiger partial charge in [0.15, 0.2) is 0 Å². The lowest BCUT2D eigenvalue weighted by Gasteiger charge is -2.30. The molecule has 1 N–H and O–H groups in total. The SMILES string of the molecule is CC(C)C(C(=O)[O-])N1C(=O)C(=Cc2ccc(O)cc2)SC1=S. The minimum absolute atomic E-state index is 0.126. The Morgan fingerprint density at radius 2 is 1.95 bits per heavy atom. The van der Waals surface area contributed by atoms with Crippen LogP contribution in [-0.4, -0.2) is 32.2 Å². The lowest BCUT2D eigenvalue weighted by Crippen LogP contribution is -2.52. The van der Waals surface area contributed by atoms with Crippen molar-refractivity contribution < 1.29 is 19.8 Å². The van der Waals surface area contributed by atoms with Gasteiger partial charge in [-0.3, -0.25) is 9.69 Å². The number of hydrogen-bond acceptors (Lipinski definition) is 6. The Morgan fingerprint density at radius 1 is 1.36 bits per heavy atom. The van der Waals surface area contributed by atoms with Gasteiger partial charge in [-0.1, -0.05) is 50.0 Å². The molecule has 2 rings (SSSR count). The van der Waals surface area contributed by atoms with Gasteiger partial charge in [-0.25, -0.2) is 0 Å². The molecule has 1 atom stereocenters. The van der Waals surface area contributed by atoms with Crippen LogP contribution in [0.1, 0.15) is 19.4 Å². The molecule has 0 radical (unpaired) electrons. The molecule has 1 aromatic rings. The molecule has 0 saturated carbocycles. The number of benzene rings is 1. The van der Waals surface area contributed by atoms with Crippen molar-refractivity contribution in [2.45, 2.75) is 19.9 Å². The molecule has 1 aliphatic rings. The molecule has 0 bridgehead atoms. The van der Waals surface area contributed by atoms with Gasteiger partial charge in [0.1, 0.15) is 10.1 Å². The first-order valence-electron chi connectivity index (χ1n) is 6.58. The zero-order valence-corrected chi connectivity index (χ0v) is 13.6. The van der Waals surface area contributed by atoms with Crippen molar-refractivity contribution in [3.05, 3.63) is 34.7 Å². The van der Waals surface area contributed by atoms with E-state index in [1.807, 2.05) is 0 Å². The first-order chi connectivity index (χ1) is 10.3. The van der Waals surface area contributed by atoms with Crippen LogP contribution < -0.4 is 5.11 Å². The number of phenolic OH excluding ortho intramolecular Hbond substituents is 1. The third-order valence-electron chi connectivity index (χ3n) is 3.17. The van der Waals surface area contributed by atoms with Crippen molar-refractivity contribution in [2.24, 2.45) is 5.92 Å². The number of carboxylic acids is 1. The molecule has 0 spiro atoms. The standard InChI is InChI=1S/C15H15NO4S2/c1-8(2)12(14(19)20)16-13(18)11(22-15(16)21)7-9-3-5-10(17)6-4-9/h3-8,12,17H,1-2H3,(H,19,20)/p-1. The lowest BCUT2D eigenvalue weighted by atomic mass is 10.0. The van der Waals surface area contributed by atoms with Gasteiger partial charge < -0.3 is 15.0 Å². The van der Waals surface area contributed by atoms with Crippen LogP contribution in [-0.2, 0) is 9.59 Å². The number of phenols is 1. The maximum absolute atomic E-state index is 12.4. The summed E-state index contributed by atoms with van der Waals surface area (Å²) in [6.07, 6.45) is 1.62. The maximum atomic E-state index is 12.4. The summed E-state index contributed by atoms with van der Waals surface area (Å²) < 4.78 is 0.206. The fourth-order valence-electron chi connectivity index (χ4n) is 2.12. The van der Waals surface area contributed by atoms with Crippen LogP contribution in [0.15, 0.2) is 29.2 Å². The predicted molar refractivity (Wildman–Crippen MR) is 86.8 cm³/mol. The fourth-order valence-corrected chi connectivity index (χ4v) is 3.45. The summed E-state index contributed by atoms with van der Waals surface area (Å²) in [5, 5.41) is 20.6. The monoisotopic (exact) mass is 336 g/mol. The number of carbonyl (C=O) groups excluding carboxylic acids is 2. The van der Waals surface area contributed by atoms with Crippen LogP contribution in [0.3, 0.4) is 0 Å². The van der Waals surface area contributed by atoms with Gasteiger partial charge in [0, 0.05) is 0 Å². The van der Waals surface area contributed by atoms with Crippen molar-refractivity contribution in [1.29, 1.82) is 0 Å². The molecule has 1 amide bonds. The van der Waals surface area contributed by atoms with E-state index in [9.17, 15) is 19.8 Å². The Bertz CT molecular complexity index is 652. The van der Waals surface area contributed by atoms with Crippen LogP contribution in [0.5, 0.6) is 5.75 Å². The average Bonchev–Trinajstić information content (AvgIpc) is 2.69. The molecular formula is C15H14NO4S2-. The summed E-state index contributed by atoms with van der Waals surface area (Å²) in [5.41, 5.74) is 0.716. The molecule has 1 unspecified atom stereocenters. The molecule has 0 aromatic heterocycles. The number of thiocarbonyl (C=S) groups is 1. The predicted octanol–water partition coefficient (Wildman–Crippen LogP) is 1.37. The number of hydrogen-bond donors (Lipinski definition) is 1. The smallest absolute Gasteiger partial charge is 0.266 e. The number of amides is 1. The molecule has 0 aliphatic carbocycles. The van der Waals surface area contributed by atoms with Gasteiger partial charge in [-0.05, 0) is 29.7 Å². The number of thioether (sulfide) groups is 1. The van der Waals surface area contributed by atoms with E-state index >= 15 is 0 Å². The molecule has 1 heterocycles. The van der Waals surface area contributed by atoms with E-state index in [1.165, 1.54) is 12.1 Å². The Labute approximate surface area is 137 Å². The summed E-state index contributed by atoms with van der Waals surface area (Å²) in [7, 11) is 0. The summed E-state index contributed by atoms with van der Waals surface area (Å²) in [5.74, 6) is -1.95. The minimum Gasteiger partial charge on any atom is -0.548 e. The van der Waals surface area contributed by atoms with Crippen LogP contribution in [0, 0.1) is 5.92 Å². The largest absolute Gasteiger partial charge is 0.548 e. The number of nitrogens with zero attached hydrogens (tertiary/aromatic N) is 1. The Balaban J connectivity index is 2.32.